The molecule has 0 spiro atoms. The number of nitrogens with one attached hydrogen (secondary N) is 2. The monoisotopic (exact) mass is 403 g/mol. The van der Waals surface area contributed by atoms with E-state index in [9.17, 15) is 18.4 Å². The van der Waals surface area contributed by atoms with Crippen molar-refractivity contribution in [1.82, 2.24) is 24.9 Å². The highest BCUT2D eigenvalue weighted by Gasteiger charge is 2.35. The van der Waals surface area contributed by atoms with E-state index in [1.54, 1.807) is 21.7 Å². The van der Waals surface area contributed by atoms with Crippen molar-refractivity contribution in [1.29, 1.82) is 0 Å². The molecule has 1 saturated carbocycles. The number of nitrogens with zero attached hydrogens (tertiary/aromatic N) is 5. The van der Waals surface area contributed by atoms with E-state index < -0.39 is 11.8 Å². The maximum Gasteiger partial charge on any atom is 0.254 e. The number of carbonyl (C=O) groups is 2. The molecule has 3 aliphatic rings. The zero-order valence-electron chi connectivity index (χ0n) is 15.5. The Labute approximate surface area is 164 Å². The molecule has 2 saturated heterocycles. The van der Waals surface area contributed by atoms with E-state index in [0.717, 1.165) is 12.8 Å². The van der Waals surface area contributed by atoms with E-state index in [1.165, 1.54) is 0 Å². The van der Waals surface area contributed by atoms with Crippen LogP contribution in [0.2, 0.25) is 0 Å². The highest BCUT2D eigenvalue weighted by atomic mass is 19.3. The third-order valence-corrected chi connectivity index (χ3v) is 5.30. The summed E-state index contributed by atoms with van der Waals surface area (Å²) in [5, 5.41) is 9.87. The van der Waals surface area contributed by atoms with Gasteiger partial charge in [-0.15, -0.1) is 0 Å². The van der Waals surface area contributed by atoms with Crippen LogP contribution in [0.3, 0.4) is 0 Å². The van der Waals surface area contributed by atoms with Gasteiger partial charge in [-0.2, -0.15) is 19.6 Å². The Morgan fingerprint density at radius 2 is 1.97 bits per heavy atom. The van der Waals surface area contributed by atoms with Crippen LogP contribution in [0, 0.1) is 0 Å². The summed E-state index contributed by atoms with van der Waals surface area (Å²) < 4.78 is 28.6. The first-order valence-corrected chi connectivity index (χ1v) is 9.58. The van der Waals surface area contributed by atoms with Crippen molar-refractivity contribution in [2.45, 2.75) is 44.1 Å². The minimum atomic E-state index is -2.66. The summed E-state index contributed by atoms with van der Waals surface area (Å²) in [6.45, 7) is 0.320. The summed E-state index contributed by atoms with van der Waals surface area (Å²) in [7, 11) is 0. The Morgan fingerprint density at radius 3 is 2.62 bits per heavy atom. The van der Waals surface area contributed by atoms with Crippen LogP contribution >= 0.6 is 0 Å². The zero-order valence-corrected chi connectivity index (χ0v) is 15.5. The lowest BCUT2D eigenvalue weighted by Gasteiger charge is -2.31. The summed E-state index contributed by atoms with van der Waals surface area (Å²) >= 11 is 0. The van der Waals surface area contributed by atoms with Gasteiger partial charge in [-0.25, -0.2) is 8.78 Å². The lowest BCUT2D eigenvalue weighted by Crippen LogP contribution is -2.40. The molecule has 2 aromatic rings. The van der Waals surface area contributed by atoms with E-state index in [4.69, 9.17) is 0 Å². The van der Waals surface area contributed by atoms with Crippen molar-refractivity contribution in [3.63, 3.8) is 0 Å². The molecule has 11 heteroatoms. The Bertz CT molecular complexity index is 1030. The van der Waals surface area contributed by atoms with Gasteiger partial charge in [0.15, 0.2) is 5.65 Å². The van der Waals surface area contributed by atoms with Crippen LogP contribution in [0.25, 0.3) is 11.7 Å². The molecule has 1 aliphatic carbocycles. The van der Waals surface area contributed by atoms with Gasteiger partial charge in [0.2, 0.25) is 17.8 Å². The third-order valence-electron chi connectivity index (χ3n) is 5.30. The summed E-state index contributed by atoms with van der Waals surface area (Å²) in [6.07, 6.45) is 4.71. The molecular formula is C18H19F2N7O2. The fourth-order valence-electron chi connectivity index (χ4n) is 3.47. The number of amides is 2. The van der Waals surface area contributed by atoms with Crippen molar-refractivity contribution in [2.24, 2.45) is 0 Å². The quantitative estimate of drug-likeness (QED) is 0.587. The normalized spacial score (nSPS) is 23.1. The van der Waals surface area contributed by atoms with Crippen LogP contribution in [0.5, 0.6) is 0 Å². The molecule has 0 radical (unpaired) electrons. The van der Waals surface area contributed by atoms with Crippen molar-refractivity contribution < 1.29 is 18.4 Å². The molecule has 2 N–H and O–H groups in total. The molecule has 0 bridgehead atoms. The molecule has 5 rings (SSSR count). The van der Waals surface area contributed by atoms with Crippen molar-refractivity contribution in [3.8, 4) is 0 Å². The number of piperidine rings is 1. The van der Waals surface area contributed by atoms with Gasteiger partial charge in [0.25, 0.3) is 11.8 Å². The fourth-order valence-corrected chi connectivity index (χ4v) is 3.47. The first-order chi connectivity index (χ1) is 13.9. The second-order valence-electron chi connectivity index (χ2n) is 7.67. The van der Waals surface area contributed by atoms with Crippen molar-refractivity contribution in [3.05, 3.63) is 17.3 Å². The van der Waals surface area contributed by atoms with Gasteiger partial charge in [-0.05, 0) is 18.9 Å². The molecule has 152 valence electrons. The summed E-state index contributed by atoms with van der Waals surface area (Å²) in [5.74, 6) is -2.61. The van der Waals surface area contributed by atoms with Gasteiger partial charge in [-0.3, -0.25) is 14.9 Å². The van der Waals surface area contributed by atoms with Gasteiger partial charge in [0, 0.05) is 43.1 Å². The Hall–Kier alpha value is -3.11. The van der Waals surface area contributed by atoms with Gasteiger partial charge >= 0.3 is 0 Å². The Morgan fingerprint density at radius 1 is 1.21 bits per heavy atom. The van der Waals surface area contributed by atoms with Gasteiger partial charge in [-0.1, -0.05) is 0 Å². The Kier molecular flexibility index (Phi) is 4.00. The molecule has 2 aromatic heterocycles. The summed E-state index contributed by atoms with van der Waals surface area (Å²) in [5.41, 5.74) is 1.35. The van der Waals surface area contributed by atoms with E-state index in [-0.39, 0.29) is 38.3 Å². The smallest absolute Gasteiger partial charge is 0.254 e. The molecule has 2 aliphatic heterocycles. The SMILES string of the molecule is O=C1C/C(=C\c2cnn3c(NC4CC4)nc(N4CCC(F)(F)CC4)nc23)C(=O)N1. The minimum absolute atomic E-state index is 0.00248. The van der Waals surface area contributed by atoms with Crippen molar-refractivity contribution in [2.75, 3.05) is 23.3 Å². The van der Waals surface area contributed by atoms with Crippen LogP contribution < -0.4 is 15.5 Å². The summed E-state index contributed by atoms with van der Waals surface area (Å²) in [6, 6.07) is 0.302. The maximum atomic E-state index is 13.5. The van der Waals surface area contributed by atoms with Gasteiger partial charge in [0.1, 0.15) is 0 Å². The molecule has 0 aromatic carbocycles. The molecule has 9 nitrogen and oxygen atoms in total. The molecule has 2 amide bonds. The molecule has 4 heterocycles. The number of alkyl halides is 2. The number of imide groups is 1. The van der Waals surface area contributed by atoms with Crippen LogP contribution in [-0.2, 0) is 9.59 Å². The van der Waals surface area contributed by atoms with Crippen LogP contribution in [-0.4, -0.2) is 56.5 Å². The van der Waals surface area contributed by atoms with E-state index in [1.807, 2.05) is 0 Å². The predicted octanol–water partition coefficient (Wildman–Crippen LogP) is 1.36. The first kappa shape index (κ1) is 18.0. The lowest BCUT2D eigenvalue weighted by molar-refractivity contribution is -0.124. The van der Waals surface area contributed by atoms with Crippen molar-refractivity contribution >= 4 is 35.4 Å². The minimum Gasteiger partial charge on any atom is -0.351 e. The zero-order chi connectivity index (χ0) is 20.2. The van der Waals surface area contributed by atoms with E-state index >= 15 is 0 Å². The average molecular weight is 403 g/mol. The maximum absolute atomic E-state index is 13.5. The fraction of sp³-hybridized carbons (Fsp3) is 0.500. The number of fused-ring (bicyclic) bond motifs is 1. The standard InChI is InChI=1S/C18H19F2N7O2/c19-18(20)3-5-26(6-4-18)16-24-14-11(7-10-8-13(28)23-15(10)29)9-21-27(14)17(25-16)22-12-1-2-12/h7,9,12H,1-6,8H2,(H,22,24,25)(H,23,28,29)/b10-7+. The van der Waals surface area contributed by atoms with Crippen LogP contribution in [0.4, 0.5) is 20.7 Å². The number of anilines is 2. The summed E-state index contributed by atoms with van der Waals surface area (Å²) in [4.78, 5) is 34.2. The number of hydrogen-bond donors (Lipinski definition) is 2. The number of hydrogen-bond acceptors (Lipinski definition) is 7. The van der Waals surface area contributed by atoms with Crippen LogP contribution in [0.1, 0.15) is 37.7 Å². The van der Waals surface area contributed by atoms with E-state index in [0.29, 0.717) is 34.7 Å². The number of rotatable bonds is 4. The topological polar surface area (TPSA) is 105 Å². The highest BCUT2D eigenvalue weighted by molar-refractivity contribution is 6.15. The second-order valence-corrected chi connectivity index (χ2v) is 7.67. The van der Waals surface area contributed by atoms with E-state index in [2.05, 4.69) is 25.7 Å². The molecule has 29 heavy (non-hydrogen) atoms. The van der Waals surface area contributed by atoms with Crippen LogP contribution in [0.15, 0.2) is 11.8 Å². The lowest BCUT2D eigenvalue weighted by atomic mass is 10.1. The average Bonchev–Trinajstić information content (AvgIpc) is 3.30. The second kappa shape index (κ2) is 6.46. The molecular weight excluding hydrogens is 384 g/mol. The van der Waals surface area contributed by atoms with Gasteiger partial charge in [0.05, 0.1) is 12.6 Å². The number of aromatic nitrogens is 4. The largest absolute Gasteiger partial charge is 0.351 e. The molecule has 3 fully saturated rings. The predicted molar refractivity (Wildman–Crippen MR) is 99.6 cm³/mol. The highest BCUT2D eigenvalue weighted by Crippen LogP contribution is 2.31. The third kappa shape index (κ3) is 3.52. The molecule has 0 unspecified atom stereocenters. The molecule has 0 atom stereocenters. The van der Waals surface area contributed by atoms with Gasteiger partial charge < -0.3 is 10.2 Å². The number of halogens is 2. The number of carbonyl (C=O) groups excluding carboxylic acids is 2. The first-order valence-electron chi connectivity index (χ1n) is 9.58. The Balaban J connectivity index is 1.55.